The minimum Gasteiger partial charge on any atom is -0.337 e. The second kappa shape index (κ2) is 4.65. The summed E-state index contributed by atoms with van der Waals surface area (Å²) in [6.07, 6.45) is 0. The molecule has 0 aliphatic rings. The minimum atomic E-state index is 1.19. The van der Waals surface area contributed by atoms with E-state index in [9.17, 15) is 0 Å². The first-order chi connectivity index (χ1) is 7.42. The molecular formula is C14H14N. The molecule has 1 heteroatoms. The quantitative estimate of drug-likeness (QED) is 0.717. The highest BCUT2D eigenvalue weighted by Crippen LogP contribution is 2.25. The average molecular weight is 196 g/mol. The lowest BCUT2D eigenvalue weighted by atomic mass is 10.2. The molecule has 0 amide bonds. The molecule has 2 aromatic carbocycles. The van der Waals surface area contributed by atoms with E-state index < -0.39 is 0 Å². The lowest BCUT2D eigenvalue weighted by Crippen LogP contribution is -2.10. The highest BCUT2D eigenvalue weighted by molar-refractivity contribution is 5.64. The van der Waals surface area contributed by atoms with Crippen LogP contribution in [0.1, 0.15) is 6.92 Å². The summed E-state index contributed by atoms with van der Waals surface area (Å²) in [6.45, 7) is 4.12. The van der Waals surface area contributed by atoms with Gasteiger partial charge in [-0.3, -0.25) is 0 Å². The second-order valence-electron chi connectivity index (χ2n) is 3.30. The third-order valence-electron chi connectivity index (χ3n) is 2.33. The van der Waals surface area contributed by atoms with Gasteiger partial charge in [0.1, 0.15) is 0 Å². The van der Waals surface area contributed by atoms with E-state index >= 15 is 0 Å². The van der Waals surface area contributed by atoms with Crippen molar-refractivity contribution in [2.24, 2.45) is 0 Å². The van der Waals surface area contributed by atoms with Crippen molar-refractivity contribution in [2.45, 2.75) is 6.92 Å². The zero-order chi connectivity index (χ0) is 10.5. The molecule has 15 heavy (non-hydrogen) atoms. The fourth-order valence-corrected chi connectivity index (χ4v) is 1.62. The normalized spacial score (nSPS) is 9.93. The third-order valence-corrected chi connectivity index (χ3v) is 2.33. The summed E-state index contributed by atoms with van der Waals surface area (Å²) in [5.74, 6) is 0. The molecule has 2 aromatic rings. The fourth-order valence-electron chi connectivity index (χ4n) is 1.62. The van der Waals surface area contributed by atoms with Crippen LogP contribution < -0.4 is 4.90 Å². The number of rotatable bonds is 3. The Morgan fingerprint density at radius 3 is 1.47 bits per heavy atom. The van der Waals surface area contributed by atoms with Crippen LogP contribution in [0.15, 0.2) is 60.7 Å². The van der Waals surface area contributed by atoms with Gasteiger partial charge in [0.05, 0.1) is 6.54 Å². The van der Waals surface area contributed by atoms with E-state index in [1.54, 1.807) is 0 Å². The van der Waals surface area contributed by atoms with E-state index in [0.29, 0.717) is 0 Å². The van der Waals surface area contributed by atoms with Crippen molar-refractivity contribution in [3.8, 4) is 0 Å². The summed E-state index contributed by atoms with van der Waals surface area (Å²) < 4.78 is 0. The minimum absolute atomic E-state index is 1.19. The van der Waals surface area contributed by atoms with Gasteiger partial charge in [-0.05, 0) is 31.2 Å². The molecule has 0 heterocycles. The maximum Gasteiger partial charge on any atom is 0.0519 e. The highest BCUT2D eigenvalue weighted by atomic mass is 15.1. The molecule has 0 atom stereocenters. The SMILES string of the molecule is C[CH]N(c1ccccc1)c1ccccc1. The lowest BCUT2D eigenvalue weighted by molar-refractivity contribution is 1.15. The van der Waals surface area contributed by atoms with Crippen LogP contribution in [0.2, 0.25) is 0 Å². The molecule has 0 bridgehead atoms. The summed E-state index contributed by atoms with van der Waals surface area (Å²) in [5, 5.41) is 0. The van der Waals surface area contributed by atoms with Gasteiger partial charge in [0.2, 0.25) is 0 Å². The summed E-state index contributed by atoms with van der Waals surface area (Å²) in [7, 11) is 0. The van der Waals surface area contributed by atoms with Crippen molar-refractivity contribution >= 4 is 11.4 Å². The number of nitrogens with zero attached hydrogens (tertiary/aromatic N) is 1. The van der Waals surface area contributed by atoms with Crippen LogP contribution in [-0.4, -0.2) is 0 Å². The predicted octanol–water partition coefficient (Wildman–Crippen LogP) is 4.01. The topological polar surface area (TPSA) is 3.24 Å². The van der Waals surface area contributed by atoms with Crippen molar-refractivity contribution in [2.75, 3.05) is 4.90 Å². The van der Waals surface area contributed by atoms with Crippen molar-refractivity contribution in [3.05, 3.63) is 67.2 Å². The number of hydrogen-bond acceptors (Lipinski definition) is 1. The second-order valence-corrected chi connectivity index (χ2v) is 3.30. The molecule has 0 aliphatic heterocycles. The van der Waals surface area contributed by atoms with Gasteiger partial charge in [0, 0.05) is 11.4 Å². The van der Waals surface area contributed by atoms with Crippen LogP contribution in [0.4, 0.5) is 11.4 Å². The summed E-state index contributed by atoms with van der Waals surface area (Å²) in [5.41, 5.74) is 2.37. The van der Waals surface area contributed by atoms with Gasteiger partial charge in [-0.2, -0.15) is 0 Å². The molecule has 0 unspecified atom stereocenters. The van der Waals surface area contributed by atoms with Crippen LogP contribution in [0.3, 0.4) is 0 Å². The number of para-hydroxylation sites is 2. The van der Waals surface area contributed by atoms with Gasteiger partial charge in [-0.15, -0.1) is 0 Å². The summed E-state index contributed by atoms with van der Waals surface area (Å²) in [4.78, 5) is 2.17. The Kier molecular flexibility index (Phi) is 3.03. The van der Waals surface area contributed by atoms with Gasteiger partial charge in [-0.25, -0.2) is 0 Å². The molecule has 0 spiro atoms. The number of hydrogen-bond donors (Lipinski definition) is 0. The highest BCUT2D eigenvalue weighted by Gasteiger charge is 2.04. The van der Waals surface area contributed by atoms with E-state index in [-0.39, 0.29) is 0 Å². The van der Waals surface area contributed by atoms with Gasteiger partial charge >= 0.3 is 0 Å². The van der Waals surface area contributed by atoms with E-state index in [1.165, 1.54) is 11.4 Å². The van der Waals surface area contributed by atoms with E-state index in [1.807, 2.05) is 19.1 Å². The van der Waals surface area contributed by atoms with Crippen LogP contribution in [0, 0.1) is 6.54 Å². The molecule has 2 rings (SSSR count). The Balaban J connectivity index is 2.34. The average Bonchev–Trinajstić information content (AvgIpc) is 2.33. The Morgan fingerprint density at radius 2 is 1.13 bits per heavy atom. The van der Waals surface area contributed by atoms with E-state index in [4.69, 9.17) is 0 Å². The largest absolute Gasteiger partial charge is 0.337 e. The Morgan fingerprint density at radius 1 is 0.733 bits per heavy atom. The van der Waals surface area contributed by atoms with Crippen molar-refractivity contribution < 1.29 is 0 Å². The maximum atomic E-state index is 2.17. The smallest absolute Gasteiger partial charge is 0.0519 e. The van der Waals surface area contributed by atoms with Gasteiger partial charge < -0.3 is 4.90 Å². The first kappa shape index (κ1) is 9.78. The molecule has 1 radical (unpaired) electrons. The zero-order valence-corrected chi connectivity index (χ0v) is 8.80. The molecule has 0 saturated carbocycles. The molecule has 0 fully saturated rings. The first-order valence-corrected chi connectivity index (χ1v) is 5.10. The Bertz CT molecular complexity index is 355. The Labute approximate surface area is 91.0 Å². The number of benzene rings is 2. The molecule has 0 saturated heterocycles. The van der Waals surface area contributed by atoms with Crippen LogP contribution >= 0.6 is 0 Å². The first-order valence-electron chi connectivity index (χ1n) is 5.10. The van der Waals surface area contributed by atoms with Gasteiger partial charge in [-0.1, -0.05) is 36.4 Å². The van der Waals surface area contributed by atoms with Gasteiger partial charge in [0.25, 0.3) is 0 Å². The van der Waals surface area contributed by atoms with E-state index in [2.05, 4.69) is 60.0 Å². The molecule has 1 nitrogen and oxygen atoms in total. The summed E-state index contributed by atoms with van der Waals surface area (Å²) in [6, 6.07) is 20.7. The van der Waals surface area contributed by atoms with Crippen LogP contribution in [0.5, 0.6) is 0 Å². The van der Waals surface area contributed by atoms with E-state index in [0.717, 1.165) is 0 Å². The molecule has 0 aromatic heterocycles. The molecular weight excluding hydrogens is 182 g/mol. The third kappa shape index (κ3) is 2.18. The van der Waals surface area contributed by atoms with Crippen LogP contribution in [-0.2, 0) is 0 Å². The van der Waals surface area contributed by atoms with Crippen molar-refractivity contribution in [1.82, 2.24) is 0 Å². The standard InChI is InChI=1S/C14H14N/c1-2-15(13-9-5-3-6-10-13)14-11-7-4-8-12-14/h2-12H,1H3. The fraction of sp³-hybridized carbons (Fsp3) is 0.0714. The van der Waals surface area contributed by atoms with Gasteiger partial charge in [0.15, 0.2) is 0 Å². The molecule has 0 aliphatic carbocycles. The van der Waals surface area contributed by atoms with Crippen molar-refractivity contribution in [3.63, 3.8) is 0 Å². The predicted molar refractivity (Wildman–Crippen MR) is 65.0 cm³/mol. The molecule has 75 valence electrons. The maximum absolute atomic E-state index is 2.17. The monoisotopic (exact) mass is 196 g/mol. The van der Waals surface area contributed by atoms with Crippen molar-refractivity contribution in [1.29, 1.82) is 0 Å². The lowest BCUT2D eigenvalue weighted by Gasteiger charge is -2.22. The number of anilines is 2. The van der Waals surface area contributed by atoms with Crippen LogP contribution in [0.25, 0.3) is 0 Å². The molecule has 0 N–H and O–H groups in total. The Hall–Kier alpha value is -1.76. The summed E-state index contributed by atoms with van der Waals surface area (Å²) >= 11 is 0. The zero-order valence-electron chi connectivity index (χ0n) is 8.80.